The largest absolute Gasteiger partial charge is 0.488 e. The SMILES string of the molecule is CC(C)CC(CN)NC(=O)C1=Cc2ccccc2OC1.Cl. The van der Waals surface area contributed by atoms with Crippen LogP contribution in [-0.2, 0) is 4.79 Å². The van der Waals surface area contributed by atoms with E-state index >= 15 is 0 Å². The van der Waals surface area contributed by atoms with Crippen molar-refractivity contribution in [2.24, 2.45) is 11.7 Å². The van der Waals surface area contributed by atoms with Crippen LogP contribution >= 0.6 is 12.4 Å². The molecule has 0 aromatic heterocycles. The Morgan fingerprint density at radius 2 is 2.10 bits per heavy atom. The number of benzene rings is 1. The Kier molecular flexibility index (Phi) is 6.72. The van der Waals surface area contributed by atoms with Gasteiger partial charge in [-0.2, -0.15) is 0 Å². The molecule has 0 bridgehead atoms. The van der Waals surface area contributed by atoms with Crippen molar-refractivity contribution in [3.05, 3.63) is 35.4 Å². The highest BCUT2D eigenvalue weighted by Crippen LogP contribution is 2.25. The van der Waals surface area contributed by atoms with Crippen LogP contribution in [0.3, 0.4) is 0 Å². The number of fused-ring (bicyclic) bond motifs is 1. The predicted octanol–water partition coefficient (Wildman–Crippen LogP) is 2.37. The van der Waals surface area contributed by atoms with Crippen molar-refractivity contribution in [3.63, 3.8) is 0 Å². The minimum atomic E-state index is -0.0874. The van der Waals surface area contributed by atoms with E-state index in [9.17, 15) is 4.79 Å². The Balaban J connectivity index is 0.00000220. The number of carbonyl (C=O) groups excluding carboxylic acids is 1. The van der Waals surface area contributed by atoms with E-state index in [0.29, 0.717) is 24.6 Å². The number of hydrogen-bond acceptors (Lipinski definition) is 3. The van der Waals surface area contributed by atoms with Gasteiger partial charge in [0.1, 0.15) is 12.4 Å². The summed E-state index contributed by atoms with van der Waals surface area (Å²) in [5.41, 5.74) is 7.30. The molecule has 1 heterocycles. The van der Waals surface area contributed by atoms with Crippen molar-refractivity contribution >= 4 is 24.4 Å². The van der Waals surface area contributed by atoms with Crippen molar-refractivity contribution in [1.82, 2.24) is 5.32 Å². The molecular weight excluding hydrogens is 288 g/mol. The highest BCUT2D eigenvalue weighted by atomic mass is 35.5. The summed E-state index contributed by atoms with van der Waals surface area (Å²) in [4.78, 5) is 12.2. The summed E-state index contributed by atoms with van der Waals surface area (Å²) in [5.74, 6) is 1.23. The molecule has 4 nitrogen and oxygen atoms in total. The fourth-order valence-corrected chi connectivity index (χ4v) is 2.31. The topological polar surface area (TPSA) is 64.3 Å². The van der Waals surface area contributed by atoms with E-state index in [2.05, 4.69) is 19.2 Å². The number of carbonyl (C=O) groups is 1. The molecule has 0 aliphatic carbocycles. The Hall–Kier alpha value is -1.52. The summed E-state index contributed by atoms with van der Waals surface area (Å²) in [5, 5.41) is 2.99. The maximum atomic E-state index is 12.2. The third-order valence-corrected chi connectivity index (χ3v) is 3.30. The molecule has 2 rings (SSSR count). The van der Waals surface area contributed by atoms with Crippen LogP contribution in [0, 0.1) is 5.92 Å². The Labute approximate surface area is 132 Å². The molecule has 3 N–H and O–H groups in total. The van der Waals surface area contributed by atoms with Gasteiger partial charge < -0.3 is 15.8 Å². The quantitative estimate of drug-likeness (QED) is 0.877. The van der Waals surface area contributed by atoms with Gasteiger partial charge in [-0.1, -0.05) is 32.0 Å². The number of rotatable bonds is 5. The van der Waals surface area contributed by atoms with Gasteiger partial charge in [0.05, 0.1) is 5.57 Å². The van der Waals surface area contributed by atoms with Crippen LogP contribution < -0.4 is 15.8 Å². The van der Waals surface area contributed by atoms with Crippen LogP contribution in [0.15, 0.2) is 29.8 Å². The number of ether oxygens (including phenoxy) is 1. The molecule has 1 atom stereocenters. The molecule has 1 unspecified atom stereocenters. The fraction of sp³-hybridized carbons (Fsp3) is 0.438. The molecule has 1 aliphatic heterocycles. The Morgan fingerprint density at radius 3 is 2.76 bits per heavy atom. The average molecular weight is 311 g/mol. The third kappa shape index (κ3) is 4.76. The van der Waals surface area contributed by atoms with Gasteiger partial charge in [0.25, 0.3) is 5.91 Å². The molecule has 0 fully saturated rings. The van der Waals surface area contributed by atoms with Crippen LogP contribution in [0.25, 0.3) is 6.08 Å². The van der Waals surface area contributed by atoms with Gasteiger partial charge in [-0.3, -0.25) is 4.79 Å². The summed E-state index contributed by atoms with van der Waals surface area (Å²) in [7, 11) is 0. The van der Waals surface area contributed by atoms with E-state index < -0.39 is 0 Å². The highest BCUT2D eigenvalue weighted by molar-refractivity contribution is 5.99. The first-order valence-corrected chi connectivity index (χ1v) is 7.03. The van der Waals surface area contributed by atoms with E-state index in [1.165, 1.54) is 0 Å². The van der Waals surface area contributed by atoms with E-state index in [1.54, 1.807) is 0 Å². The van der Waals surface area contributed by atoms with E-state index in [0.717, 1.165) is 17.7 Å². The smallest absolute Gasteiger partial charge is 0.250 e. The van der Waals surface area contributed by atoms with Gasteiger partial charge in [-0.15, -0.1) is 12.4 Å². The number of hydrogen-bond donors (Lipinski definition) is 2. The van der Waals surface area contributed by atoms with Crippen LogP contribution in [0.1, 0.15) is 25.8 Å². The summed E-state index contributed by atoms with van der Waals surface area (Å²) >= 11 is 0. The third-order valence-electron chi connectivity index (χ3n) is 3.30. The molecule has 0 saturated heterocycles. The number of para-hydroxylation sites is 1. The average Bonchev–Trinajstić information content (AvgIpc) is 2.45. The predicted molar refractivity (Wildman–Crippen MR) is 87.6 cm³/mol. The molecule has 0 spiro atoms. The normalized spacial score (nSPS) is 14.4. The Morgan fingerprint density at radius 1 is 1.38 bits per heavy atom. The van der Waals surface area contributed by atoms with Gasteiger partial charge in [-0.05, 0) is 24.5 Å². The lowest BCUT2D eigenvalue weighted by Gasteiger charge is -2.22. The first kappa shape index (κ1) is 17.5. The zero-order valence-corrected chi connectivity index (χ0v) is 13.3. The van der Waals surface area contributed by atoms with Gasteiger partial charge in [-0.25, -0.2) is 0 Å². The summed E-state index contributed by atoms with van der Waals surface area (Å²) in [6, 6.07) is 7.71. The molecule has 1 amide bonds. The highest BCUT2D eigenvalue weighted by Gasteiger charge is 2.19. The number of halogens is 1. The van der Waals surface area contributed by atoms with Gasteiger partial charge in [0.15, 0.2) is 0 Å². The summed E-state index contributed by atoms with van der Waals surface area (Å²) in [6.45, 7) is 5.00. The van der Waals surface area contributed by atoms with Crippen molar-refractivity contribution in [3.8, 4) is 5.75 Å². The lowest BCUT2D eigenvalue weighted by Crippen LogP contribution is -2.42. The van der Waals surface area contributed by atoms with Gasteiger partial charge in [0.2, 0.25) is 0 Å². The number of nitrogens with one attached hydrogen (secondary N) is 1. The van der Waals surface area contributed by atoms with Crippen LogP contribution in [0.5, 0.6) is 5.75 Å². The molecular formula is C16H23ClN2O2. The zero-order chi connectivity index (χ0) is 14.5. The molecule has 116 valence electrons. The zero-order valence-electron chi connectivity index (χ0n) is 12.5. The standard InChI is InChI=1S/C16H22N2O2.ClH/c1-11(2)7-14(9-17)18-16(19)13-8-12-5-3-4-6-15(12)20-10-13;/h3-6,8,11,14H,7,9-10,17H2,1-2H3,(H,18,19);1H. The summed E-state index contributed by atoms with van der Waals surface area (Å²) in [6.07, 6.45) is 2.77. The van der Waals surface area contributed by atoms with Crippen molar-refractivity contribution in [1.29, 1.82) is 0 Å². The summed E-state index contributed by atoms with van der Waals surface area (Å²) < 4.78 is 5.59. The maximum absolute atomic E-state index is 12.2. The number of nitrogens with two attached hydrogens (primary N) is 1. The van der Waals surface area contributed by atoms with Crippen LogP contribution in [-0.4, -0.2) is 25.1 Å². The lowest BCUT2D eigenvalue weighted by molar-refractivity contribution is -0.118. The van der Waals surface area contributed by atoms with Crippen LogP contribution in [0.2, 0.25) is 0 Å². The fourth-order valence-electron chi connectivity index (χ4n) is 2.31. The van der Waals surface area contributed by atoms with E-state index in [-0.39, 0.29) is 24.4 Å². The second-order valence-corrected chi connectivity index (χ2v) is 5.53. The van der Waals surface area contributed by atoms with Crippen molar-refractivity contribution in [2.45, 2.75) is 26.3 Å². The molecule has 5 heteroatoms. The van der Waals surface area contributed by atoms with Crippen molar-refractivity contribution in [2.75, 3.05) is 13.2 Å². The monoisotopic (exact) mass is 310 g/mol. The Bertz CT molecular complexity index is 515. The van der Waals surface area contributed by atoms with Crippen LogP contribution in [0.4, 0.5) is 0 Å². The maximum Gasteiger partial charge on any atom is 0.250 e. The minimum absolute atomic E-state index is 0. The van der Waals surface area contributed by atoms with Gasteiger partial charge >= 0.3 is 0 Å². The van der Waals surface area contributed by atoms with E-state index in [1.807, 2.05) is 30.3 Å². The molecule has 0 saturated carbocycles. The number of amides is 1. The lowest BCUT2D eigenvalue weighted by atomic mass is 10.0. The molecule has 1 aromatic carbocycles. The molecule has 21 heavy (non-hydrogen) atoms. The van der Waals surface area contributed by atoms with Crippen molar-refractivity contribution < 1.29 is 9.53 Å². The molecule has 0 radical (unpaired) electrons. The second kappa shape index (κ2) is 8.05. The first-order chi connectivity index (χ1) is 9.60. The van der Waals surface area contributed by atoms with Gasteiger partial charge in [0, 0.05) is 18.2 Å². The first-order valence-electron chi connectivity index (χ1n) is 7.03. The second-order valence-electron chi connectivity index (χ2n) is 5.53. The molecule has 1 aliphatic rings. The molecule has 1 aromatic rings. The minimum Gasteiger partial charge on any atom is -0.488 e. The van der Waals surface area contributed by atoms with E-state index in [4.69, 9.17) is 10.5 Å².